The van der Waals surface area contributed by atoms with Crippen molar-refractivity contribution in [3.63, 3.8) is 0 Å². The molecule has 1 aliphatic rings. The highest BCUT2D eigenvalue weighted by Crippen LogP contribution is 2.30. The first-order valence-electron chi connectivity index (χ1n) is 6.53. The second-order valence-electron chi connectivity index (χ2n) is 5.32. The topological polar surface area (TPSA) is 90.4 Å². The van der Waals surface area contributed by atoms with Crippen molar-refractivity contribution in [1.82, 2.24) is 19.8 Å². The summed E-state index contributed by atoms with van der Waals surface area (Å²) < 4.78 is 4.10. The van der Waals surface area contributed by atoms with E-state index in [0.29, 0.717) is 11.5 Å². The van der Waals surface area contributed by atoms with Crippen molar-refractivity contribution in [2.45, 2.75) is 38.3 Å². The van der Waals surface area contributed by atoms with Gasteiger partial charge >= 0.3 is 0 Å². The monoisotopic (exact) mass is 331 g/mol. The Labute approximate surface area is 132 Å². The molecule has 3 N–H and O–H groups in total. The first kappa shape index (κ1) is 16.3. The van der Waals surface area contributed by atoms with Crippen LogP contribution in [-0.2, 0) is 10.3 Å². The van der Waals surface area contributed by atoms with Crippen LogP contribution in [0, 0.1) is 0 Å². The van der Waals surface area contributed by atoms with E-state index in [1.54, 1.807) is 12.4 Å². The highest BCUT2D eigenvalue weighted by molar-refractivity contribution is 7.98. The minimum absolute atomic E-state index is 0.106. The van der Waals surface area contributed by atoms with Crippen LogP contribution in [0.1, 0.15) is 32.4 Å². The molecule has 9 heteroatoms. The molecule has 0 bridgehead atoms. The molecule has 1 fully saturated rings. The normalized spacial score (nSPS) is 15.1. The van der Waals surface area contributed by atoms with Crippen molar-refractivity contribution in [1.29, 1.82) is 0 Å². The summed E-state index contributed by atoms with van der Waals surface area (Å²) in [6.45, 7) is 3.64. The third kappa shape index (κ3) is 4.70. The van der Waals surface area contributed by atoms with Gasteiger partial charge in [0.05, 0.1) is 35.8 Å². The molecule has 0 saturated heterocycles. The van der Waals surface area contributed by atoms with Gasteiger partial charge in [0.25, 0.3) is 0 Å². The lowest BCUT2D eigenvalue weighted by Gasteiger charge is -2.25. The van der Waals surface area contributed by atoms with Gasteiger partial charge in [-0.25, -0.2) is 4.98 Å². The first-order valence-corrected chi connectivity index (χ1v) is 7.84. The third-order valence-corrected chi connectivity index (χ3v) is 3.98. The number of rotatable bonds is 7. The number of hydrogen-bond acceptors (Lipinski definition) is 7. The smallest absolute Gasteiger partial charge is 0.235 e. The van der Waals surface area contributed by atoms with E-state index in [-0.39, 0.29) is 17.8 Å². The van der Waals surface area contributed by atoms with Crippen LogP contribution < -0.4 is 10.0 Å². The minimum atomic E-state index is -0.684. The number of alkyl halides is 1. The van der Waals surface area contributed by atoms with E-state index in [4.69, 9.17) is 11.6 Å². The number of hydroxylamine groups is 1. The van der Waals surface area contributed by atoms with Gasteiger partial charge in [-0.3, -0.25) is 14.5 Å². The van der Waals surface area contributed by atoms with Gasteiger partial charge in [-0.2, -0.15) is 0 Å². The fourth-order valence-electron chi connectivity index (χ4n) is 1.63. The number of nitrogens with zero attached hydrogens (tertiary/aromatic N) is 3. The van der Waals surface area contributed by atoms with Crippen molar-refractivity contribution in [2.24, 2.45) is 0 Å². The van der Waals surface area contributed by atoms with E-state index in [9.17, 15) is 10.0 Å². The maximum absolute atomic E-state index is 11.4. The van der Waals surface area contributed by atoms with Gasteiger partial charge in [0.2, 0.25) is 5.91 Å². The first-order chi connectivity index (χ1) is 9.92. The predicted molar refractivity (Wildman–Crippen MR) is 81.8 cm³/mol. The average molecular weight is 332 g/mol. The van der Waals surface area contributed by atoms with Crippen LogP contribution in [0.5, 0.6) is 0 Å². The zero-order valence-electron chi connectivity index (χ0n) is 11.8. The molecule has 2 rings (SSSR count). The van der Waals surface area contributed by atoms with E-state index >= 15 is 0 Å². The van der Waals surface area contributed by atoms with Gasteiger partial charge in [-0.05, 0) is 26.7 Å². The zero-order valence-corrected chi connectivity index (χ0v) is 13.4. The summed E-state index contributed by atoms with van der Waals surface area (Å²) in [5.41, 5.74) is -0.0843. The van der Waals surface area contributed by atoms with Crippen LogP contribution in [-0.4, -0.2) is 37.5 Å². The van der Waals surface area contributed by atoms with Crippen LogP contribution in [0.15, 0.2) is 12.4 Å². The van der Waals surface area contributed by atoms with Crippen molar-refractivity contribution in [3.8, 4) is 0 Å². The molecule has 1 saturated carbocycles. The van der Waals surface area contributed by atoms with Gasteiger partial charge in [-0.1, -0.05) is 0 Å². The summed E-state index contributed by atoms with van der Waals surface area (Å²) in [7, 11) is 0. The second kappa shape index (κ2) is 6.78. The number of carbonyl (C=O) groups is 1. The number of halogens is 1. The molecule has 21 heavy (non-hydrogen) atoms. The number of anilines is 1. The number of amides is 1. The fourth-order valence-corrected chi connectivity index (χ4v) is 2.34. The van der Waals surface area contributed by atoms with E-state index in [2.05, 4.69) is 20.0 Å². The Bertz CT molecular complexity index is 512. The second-order valence-corrected chi connectivity index (χ2v) is 6.35. The summed E-state index contributed by atoms with van der Waals surface area (Å²) in [4.78, 5) is 19.9. The number of nitrogens with one attached hydrogen (secondary N) is 2. The molecule has 1 aliphatic carbocycles. The number of hydrogen-bond donors (Lipinski definition) is 3. The Morgan fingerprint density at radius 3 is 2.90 bits per heavy atom. The number of aromatic nitrogens is 2. The van der Waals surface area contributed by atoms with E-state index < -0.39 is 5.54 Å². The van der Waals surface area contributed by atoms with Crippen molar-refractivity contribution in [3.05, 3.63) is 18.1 Å². The predicted octanol–water partition coefficient (Wildman–Crippen LogP) is 1.90. The quantitative estimate of drug-likeness (QED) is 0.399. The summed E-state index contributed by atoms with van der Waals surface area (Å²) in [6, 6.07) is 0.207. The Morgan fingerprint density at radius 1 is 1.57 bits per heavy atom. The molecule has 0 aromatic carbocycles. The van der Waals surface area contributed by atoms with Crippen LogP contribution in [0.3, 0.4) is 0 Å². The van der Waals surface area contributed by atoms with Crippen LogP contribution in [0.2, 0.25) is 0 Å². The van der Waals surface area contributed by atoms with Gasteiger partial charge < -0.3 is 10.5 Å². The lowest BCUT2D eigenvalue weighted by atomic mass is 10.0. The Kier molecular flexibility index (Phi) is 5.26. The molecule has 0 aliphatic heterocycles. The molecular weight excluding hydrogens is 314 g/mol. The van der Waals surface area contributed by atoms with Crippen LogP contribution in [0.25, 0.3) is 0 Å². The summed E-state index contributed by atoms with van der Waals surface area (Å²) >= 11 is 6.57. The largest absolute Gasteiger partial charge is 0.344 e. The Hall–Kier alpha value is -1.09. The van der Waals surface area contributed by atoms with Crippen LogP contribution >= 0.6 is 23.7 Å². The van der Waals surface area contributed by atoms with E-state index in [1.165, 1.54) is 4.47 Å². The molecule has 0 atom stereocenters. The van der Waals surface area contributed by atoms with Crippen molar-refractivity contribution < 1.29 is 10.0 Å². The highest BCUT2D eigenvalue weighted by atomic mass is 35.5. The Morgan fingerprint density at radius 2 is 2.29 bits per heavy atom. The molecule has 1 aromatic rings. The van der Waals surface area contributed by atoms with Gasteiger partial charge in [0.1, 0.15) is 5.88 Å². The fraction of sp³-hybridized carbons (Fsp3) is 0.583. The summed E-state index contributed by atoms with van der Waals surface area (Å²) in [6.07, 6.45) is 5.13. The molecule has 116 valence electrons. The van der Waals surface area contributed by atoms with E-state index in [1.807, 2.05) is 13.8 Å². The van der Waals surface area contributed by atoms with E-state index in [0.717, 1.165) is 25.0 Å². The maximum atomic E-state index is 11.4. The molecular formula is C12H18ClN5O2S. The average Bonchev–Trinajstić information content (AvgIpc) is 3.29. The molecule has 0 radical (unpaired) electrons. The molecule has 7 nitrogen and oxygen atoms in total. The SMILES string of the molecule is CC(C)(NC(=O)CCl)c1cncc(NSN(O)C2CC2)n1. The lowest BCUT2D eigenvalue weighted by molar-refractivity contribution is -0.120. The Balaban J connectivity index is 2.00. The van der Waals surface area contributed by atoms with Gasteiger partial charge in [0.15, 0.2) is 5.82 Å². The molecule has 0 spiro atoms. The summed E-state index contributed by atoms with van der Waals surface area (Å²) in [5, 5.41) is 12.4. The van der Waals surface area contributed by atoms with Crippen molar-refractivity contribution in [2.75, 3.05) is 10.6 Å². The summed E-state index contributed by atoms with van der Waals surface area (Å²) in [5.74, 6) is 0.128. The van der Waals surface area contributed by atoms with Crippen molar-refractivity contribution >= 4 is 35.5 Å². The standard InChI is InChI=1S/C12H18ClN5O2S/c1-12(2,16-11(19)5-13)9-6-14-7-10(15-9)17-21-18(20)8-3-4-8/h6-8,20H,3-5H2,1-2H3,(H,15,17)(H,16,19). The lowest BCUT2D eigenvalue weighted by Crippen LogP contribution is -2.42. The third-order valence-electron chi connectivity index (χ3n) is 2.95. The number of carbonyl (C=O) groups excluding carboxylic acids is 1. The maximum Gasteiger partial charge on any atom is 0.235 e. The molecule has 1 heterocycles. The molecule has 1 amide bonds. The molecule has 1 aromatic heterocycles. The minimum Gasteiger partial charge on any atom is -0.344 e. The van der Waals surface area contributed by atoms with Crippen LogP contribution in [0.4, 0.5) is 5.82 Å². The molecule has 0 unspecified atom stereocenters. The zero-order chi connectivity index (χ0) is 15.5. The van der Waals surface area contributed by atoms with Gasteiger partial charge in [-0.15, -0.1) is 16.1 Å². The van der Waals surface area contributed by atoms with Gasteiger partial charge in [0, 0.05) is 6.04 Å². The highest BCUT2D eigenvalue weighted by Gasteiger charge is 2.29.